The number of nitrogen functional groups attached to an aromatic ring is 4. The number of hydrogen-bond acceptors (Lipinski definition) is 40. The summed E-state index contributed by atoms with van der Waals surface area (Å²) < 4.78 is 130. The lowest BCUT2D eigenvalue weighted by Gasteiger charge is -2.34. The molecule has 9 aliphatic rings. The third-order valence-electron chi connectivity index (χ3n) is 24.0. The lowest BCUT2D eigenvalue weighted by Crippen LogP contribution is -2.44. The summed E-state index contributed by atoms with van der Waals surface area (Å²) in [5.41, 5.74) is 30.4. The molecule has 740 valence electrons. The Balaban J connectivity index is 0.000000131. The first-order chi connectivity index (χ1) is 65.9. The Morgan fingerprint density at radius 1 is 0.326 bits per heavy atom. The minimum absolute atomic E-state index is 0.0657. The van der Waals surface area contributed by atoms with Gasteiger partial charge in [0, 0.05) is 179 Å². The van der Waals surface area contributed by atoms with Gasteiger partial charge in [-0.25, -0.2) is 80.9 Å². The summed E-state index contributed by atoms with van der Waals surface area (Å²) in [5, 5.41) is 2.98. The molecule has 1 unspecified atom stereocenters. The van der Waals surface area contributed by atoms with Crippen molar-refractivity contribution in [2.75, 3.05) is 236 Å². The van der Waals surface area contributed by atoms with Crippen LogP contribution in [0.3, 0.4) is 0 Å². The van der Waals surface area contributed by atoms with Gasteiger partial charge in [-0.1, -0.05) is 36.4 Å². The molecule has 1 saturated carbocycles. The number of benzene rings is 3. The van der Waals surface area contributed by atoms with E-state index < -0.39 is 48.6 Å². The van der Waals surface area contributed by atoms with Gasteiger partial charge in [-0.05, 0) is 115 Å². The molecule has 0 bridgehead atoms. The molecule has 138 heavy (non-hydrogen) atoms. The van der Waals surface area contributed by atoms with E-state index in [2.05, 4.69) is 121 Å². The van der Waals surface area contributed by atoms with Crippen LogP contribution in [0.2, 0.25) is 0 Å². The van der Waals surface area contributed by atoms with Crippen molar-refractivity contribution < 1.29 is 58.9 Å². The van der Waals surface area contributed by atoms with E-state index in [1.807, 2.05) is 111 Å². The Bertz CT molecular complexity index is 6300. The fraction of sp³-hybridized carbons (Fsp3) is 0.484. The number of hydrogen-bond donors (Lipinski definition) is 5. The molecule has 0 spiro atoms. The third kappa shape index (κ3) is 26.7. The highest BCUT2D eigenvalue weighted by atomic mass is 32.2. The Morgan fingerprint density at radius 3 is 0.862 bits per heavy atom. The standard InChI is InChI=1S/C19H26N6O2S.3C19H25N5O3S.C17H24N6O2S/c1-12-8-14(9-16(20)21-12)19-22-17(24-28(3,26)15-4-5-15)10-18(23-19)25-6-7-27-11-13(25)2;3*1-13-10-26-7-6-24(13)18-9-17(23-28(2,25)16-11-27-12-16)21-19(22-18)14-4-3-5-15(20)8-14;1-12-11-25-8-7-23(12)16-10-15(22-26(3,4)24)20-17(21-16)13-5-6-19-14(9-13)18-2/h8-10,13,15H,4-7,11H2,1-3H3,(H2,20,21);3*3-5,8-9,13,16H,6-7,10-12,20H2,1-2H3;5-6,9-10,12H,7-8,11H2,1-4H3,(H,18,19)/t13-,28+;13-,28?;13-,28+;13-,28-;12-/m11111/s1. The monoisotopic (exact) mass is 1990 g/mol. The highest BCUT2D eigenvalue weighted by molar-refractivity contribution is 7.94. The Hall–Kier alpha value is -11.2. The molecule has 0 radical (unpaired) electrons. The van der Waals surface area contributed by atoms with Crippen molar-refractivity contribution in [1.29, 1.82) is 0 Å². The summed E-state index contributed by atoms with van der Waals surface area (Å²) in [4.78, 5) is 65.9. The van der Waals surface area contributed by atoms with Crippen LogP contribution >= 0.6 is 0 Å². The molecule has 8 saturated heterocycles. The van der Waals surface area contributed by atoms with Crippen molar-refractivity contribution in [2.45, 2.75) is 106 Å². The van der Waals surface area contributed by atoms with Crippen LogP contribution in [0.15, 0.2) is 155 Å². The fourth-order valence-corrected chi connectivity index (χ4v) is 21.9. The Kier molecular flexibility index (Phi) is 32.6. The molecule has 10 aromatic rings. The van der Waals surface area contributed by atoms with Gasteiger partial charge in [0.15, 0.2) is 58.2 Å². The van der Waals surface area contributed by atoms with Crippen LogP contribution in [0, 0.1) is 6.92 Å². The van der Waals surface area contributed by atoms with Crippen molar-refractivity contribution in [1.82, 2.24) is 59.8 Å². The largest absolute Gasteiger partial charge is 0.399 e. The predicted molar refractivity (Wildman–Crippen MR) is 547 cm³/mol. The lowest BCUT2D eigenvalue weighted by molar-refractivity contribution is 0.0430. The molecule has 7 aromatic heterocycles. The van der Waals surface area contributed by atoms with Crippen LogP contribution in [-0.2, 0) is 86.5 Å². The zero-order valence-electron chi connectivity index (χ0n) is 80.2. The van der Waals surface area contributed by atoms with Gasteiger partial charge in [0.1, 0.15) is 40.7 Å². The minimum atomic E-state index is -2.45. The molecular formula is C93H125N27O13S5. The molecule has 9 atom stereocenters. The average molecular weight is 1990 g/mol. The Labute approximate surface area is 808 Å². The molecule has 9 N–H and O–H groups in total. The summed E-state index contributed by atoms with van der Waals surface area (Å²) in [6.45, 7) is 25.2. The van der Waals surface area contributed by atoms with E-state index in [-0.39, 0.29) is 51.2 Å². The van der Waals surface area contributed by atoms with Gasteiger partial charge < -0.3 is 90.6 Å². The quantitative estimate of drug-likeness (QED) is 0.0442. The van der Waals surface area contributed by atoms with Gasteiger partial charge in [0.2, 0.25) is 0 Å². The van der Waals surface area contributed by atoms with Crippen molar-refractivity contribution in [3.05, 3.63) is 139 Å². The third-order valence-corrected chi connectivity index (χ3v) is 33.0. The Morgan fingerprint density at radius 2 is 0.609 bits per heavy atom. The van der Waals surface area contributed by atoms with Gasteiger partial charge >= 0.3 is 0 Å². The lowest BCUT2D eigenvalue weighted by atomic mass is 10.2. The number of nitrogens with one attached hydrogen (secondary N) is 1. The predicted octanol–water partition coefficient (Wildman–Crippen LogP) is 10.9. The van der Waals surface area contributed by atoms with Gasteiger partial charge in [-0.3, -0.25) is 0 Å². The highest BCUT2D eigenvalue weighted by Gasteiger charge is 2.35. The minimum Gasteiger partial charge on any atom is -0.399 e. The fourth-order valence-electron chi connectivity index (χ4n) is 15.8. The van der Waals surface area contributed by atoms with Gasteiger partial charge in [0.05, 0.1) is 191 Å². The number of morpholine rings is 5. The van der Waals surface area contributed by atoms with Crippen LogP contribution in [0.5, 0.6) is 0 Å². The number of aromatic nitrogens is 12. The van der Waals surface area contributed by atoms with E-state index in [1.54, 1.807) is 74.1 Å². The molecule has 45 heteroatoms. The van der Waals surface area contributed by atoms with Gasteiger partial charge in [-0.2, -0.15) is 21.8 Å². The molecule has 40 nitrogen and oxygen atoms in total. The maximum atomic E-state index is 13.0. The normalized spacial score (nSPS) is 21.4. The van der Waals surface area contributed by atoms with Crippen LogP contribution in [-0.4, -0.2) is 315 Å². The number of rotatable bonds is 20. The smallest absolute Gasteiger partial charge is 0.167 e. The zero-order valence-corrected chi connectivity index (χ0v) is 84.2. The second-order valence-electron chi connectivity index (χ2n) is 35.9. The summed E-state index contributed by atoms with van der Waals surface area (Å²) in [6.07, 6.45) is 13.5. The van der Waals surface area contributed by atoms with Crippen molar-refractivity contribution in [3.63, 3.8) is 0 Å². The van der Waals surface area contributed by atoms with Crippen molar-refractivity contribution >= 4 is 136 Å². The maximum absolute atomic E-state index is 13.0. The molecule has 19 rings (SSSR count). The topological polar surface area (TPSA) is 508 Å². The first kappa shape index (κ1) is 101. The zero-order chi connectivity index (χ0) is 97.8. The maximum Gasteiger partial charge on any atom is 0.167 e. The molecule has 9 fully saturated rings. The van der Waals surface area contributed by atoms with E-state index in [0.717, 1.165) is 114 Å². The number of nitrogens with two attached hydrogens (primary N) is 4. The summed E-state index contributed by atoms with van der Waals surface area (Å²) in [6, 6.07) is 39.6. The van der Waals surface area contributed by atoms with E-state index in [4.69, 9.17) is 85.7 Å². The molecule has 1 aliphatic carbocycles. The van der Waals surface area contributed by atoms with Crippen LogP contribution in [0.25, 0.3) is 56.9 Å². The van der Waals surface area contributed by atoms with Gasteiger partial charge in [-0.15, -0.1) is 0 Å². The van der Waals surface area contributed by atoms with Crippen LogP contribution in [0.4, 0.5) is 86.9 Å². The second-order valence-corrected chi connectivity index (χ2v) is 48.7. The van der Waals surface area contributed by atoms with E-state index in [0.29, 0.717) is 187 Å². The van der Waals surface area contributed by atoms with Crippen LogP contribution in [0.1, 0.15) is 53.2 Å². The average Bonchev–Trinajstić information content (AvgIpc) is 0.841. The summed E-state index contributed by atoms with van der Waals surface area (Å²) >= 11 is 0. The number of aryl methyl sites for hydroxylation is 1. The summed E-state index contributed by atoms with van der Waals surface area (Å²) in [5.74, 6) is 9.63. The molecule has 15 heterocycles. The first-order valence-electron chi connectivity index (χ1n) is 45.8. The molecule has 3 aromatic carbocycles. The first-order valence-corrected chi connectivity index (χ1v) is 56.1. The number of anilines is 10. The second kappa shape index (κ2) is 44.5. The number of nitrogens with zero attached hydrogens (tertiary/aromatic N) is 22. The summed E-state index contributed by atoms with van der Waals surface area (Å²) in [7, 11) is -10.2. The highest BCUT2D eigenvalue weighted by Crippen LogP contribution is 2.38. The molecule has 8 aliphatic heterocycles. The van der Waals surface area contributed by atoms with Crippen LogP contribution < -0.4 is 52.8 Å². The van der Waals surface area contributed by atoms with Crippen molar-refractivity contribution in [3.8, 4) is 56.9 Å². The van der Waals surface area contributed by atoms with E-state index >= 15 is 0 Å². The van der Waals surface area contributed by atoms with E-state index in [9.17, 15) is 21.0 Å². The number of pyridine rings is 2. The molecule has 0 amide bonds. The molecular weight excluding hydrogens is 1860 g/mol. The number of ether oxygens (including phenoxy) is 8. The SMILES string of the molecule is CNc1cc(-c2nc(N=S(C)(C)=O)cc(N3CCOC[C@H]3C)n2)ccn1.C[C@@H]1COCCN1c1cc(N=S(C)(=O)C2COC2)nc(-c2cccc(N)c2)n1.C[C@@H]1COCCN1c1cc(N=[S@@](C)(=O)C2COC2)nc(-c2cccc(N)c2)n1.C[C@@H]1COCCN1c1cc(N=[S@](C)(=O)C2COC2)nc(-c2cccc(N)c2)n1.Cc1cc(-c2nc(N=[S@@](C)(=O)C3CC3)cc(N3CCOC[C@H]3C)n2)cc(N)n1. The van der Waals surface area contributed by atoms with E-state index in [1.165, 1.54) is 0 Å². The van der Waals surface area contributed by atoms with Gasteiger partial charge in [0.25, 0.3) is 0 Å². The van der Waals surface area contributed by atoms with Crippen molar-refractivity contribution in [2.24, 2.45) is 21.8 Å².